The van der Waals surface area contributed by atoms with Crippen LogP contribution < -0.4 is 4.90 Å². The molecule has 1 aromatic heterocycles. The molecule has 276 valence electrons. The highest BCUT2D eigenvalue weighted by Crippen LogP contribution is 2.53. The molecule has 11 rings (SSSR count). The van der Waals surface area contributed by atoms with E-state index in [9.17, 15) is 0 Å². The molecule has 0 aliphatic heterocycles. The van der Waals surface area contributed by atoms with Gasteiger partial charge >= 0.3 is 0 Å². The molecule has 0 spiro atoms. The van der Waals surface area contributed by atoms with E-state index < -0.39 is 0 Å². The Hall–Kier alpha value is -5.96. The van der Waals surface area contributed by atoms with E-state index in [0.29, 0.717) is 5.92 Å². The summed E-state index contributed by atoms with van der Waals surface area (Å²) in [4.78, 5) is 2.57. The topological polar surface area (TPSA) is 3.24 Å². The molecule has 0 atom stereocenters. The second kappa shape index (κ2) is 13.6. The molecule has 0 amide bonds. The Kier molecular flexibility index (Phi) is 8.19. The lowest BCUT2D eigenvalue weighted by Crippen LogP contribution is -2.17. The maximum Gasteiger partial charge on any atom is 0.0540 e. The molecule has 1 fully saturated rings. The van der Waals surface area contributed by atoms with Crippen LogP contribution in [0.3, 0.4) is 0 Å². The summed E-state index contributed by atoms with van der Waals surface area (Å²) in [6.07, 6.45) is 6.52. The van der Waals surface area contributed by atoms with Crippen molar-refractivity contribution in [1.82, 2.24) is 0 Å². The number of hydrogen-bond acceptors (Lipinski definition) is 2. The van der Waals surface area contributed by atoms with E-state index in [1.165, 1.54) is 130 Å². The summed E-state index contributed by atoms with van der Waals surface area (Å²) in [7, 11) is 0. The lowest BCUT2D eigenvalue weighted by molar-refractivity contribution is 0.445. The Morgan fingerprint density at radius 2 is 1.09 bits per heavy atom. The summed E-state index contributed by atoms with van der Waals surface area (Å²) in [5.41, 5.74) is 15.4. The van der Waals surface area contributed by atoms with Crippen LogP contribution in [0.2, 0.25) is 0 Å². The van der Waals surface area contributed by atoms with Gasteiger partial charge < -0.3 is 4.90 Å². The van der Waals surface area contributed by atoms with Crippen molar-refractivity contribution in [1.29, 1.82) is 0 Å². The number of thiophene rings is 1. The molecule has 2 heteroatoms. The van der Waals surface area contributed by atoms with Crippen LogP contribution in [0.1, 0.15) is 68.6 Å². The first-order chi connectivity index (χ1) is 28.1. The van der Waals surface area contributed by atoms with E-state index in [1.54, 1.807) is 0 Å². The normalized spacial score (nSPS) is 14.9. The minimum Gasteiger partial charge on any atom is -0.309 e. The summed E-state index contributed by atoms with van der Waals surface area (Å²) < 4.78 is 2.65. The van der Waals surface area contributed by atoms with Crippen molar-refractivity contribution < 1.29 is 0 Å². The van der Waals surface area contributed by atoms with Crippen LogP contribution in [0.5, 0.6) is 0 Å². The summed E-state index contributed by atoms with van der Waals surface area (Å²) in [5, 5.41) is 5.38. The number of nitrogens with zero attached hydrogens (tertiary/aromatic N) is 1. The van der Waals surface area contributed by atoms with Crippen LogP contribution in [0, 0.1) is 0 Å². The van der Waals surface area contributed by atoms with Gasteiger partial charge in [0, 0.05) is 48.0 Å². The van der Waals surface area contributed by atoms with Crippen molar-refractivity contribution in [2.75, 3.05) is 4.90 Å². The highest BCUT2D eigenvalue weighted by molar-refractivity contribution is 7.26. The van der Waals surface area contributed by atoms with Gasteiger partial charge in [-0.25, -0.2) is 0 Å². The van der Waals surface area contributed by atoms with Crippen molar-refractivity contribution in [2.24, 2.45) is 0 Å². The smallest absolute Gasteiger partial charge is 0.0540 e. The second-order valence-electron chi connectivity index (χ2n) is 16.6. The average molecular weight is 752 g/mol. The summed E-state index contributed by atoms with van der Waals surface area (Å²) in [6, 6.07) is 64.1. The molecule has 1 nitrogen and oxygen atoms in total. The predicted octanol–water partition coefficient (Wildman–Crippen LogP) is 16.4. The maximum atomic E-state index is 2.57. The quantitative estimate of drug-likeness (QED) is 0.164. The first kappa shape index (κ1) is 34.3. The van der Waals surface area contributed by atoms with Crippen LogP contribution >= 0.6 is 11.3 Å². The van der Waals surface area contributed by atoms with Gasteiger partial charge in [0.2, 0.25) is 0 Å². The minimum absolute atomic E-state index is 0.125. The second-order valence-corrected chi connectivity index (χ2v) is 17.7. The van der Waals surface area contributed by atoms with Gasteiger partial charge in [-0.3, -0.25) is 0 Å². The van der Waals surface area contributed by atoms with Gasteiger partial charge in [-0.2, -0.15) is 0 Å². The Morgan fingerprint density at radius 1 is 0.491 bits per heavy atom. The minimum atomic E-state index is -0.125. The Labute approximate surface area is 339 Å². The van der Waals surface area contributed by atoms with Crippen LogP contribution in [-0.2, 0) is 5.41 Å². The molecule has 0 bridgehead atoms. The fraction of sp³-hybridized carbons (Fsp3) is 0.164. The van der Waals surface area contributed by atoms with E-state index in [1.807, 2.05) is 11.3 Å². The third-order valence-electron chi connectivity index (χ3n) is 13.1. The molecule has 2 aliphatic rings. The zero-order valence-corrected chi connectivity index (χ0v) is 33.5. The van der Waals surface area contributed by atoms with E-state index in [4.69, 9.17) is 0 Å². The fourth-order valence-electron chi connectivity index (χ4n) is 10.3. The van der Waals surface area contributed by atoms with Gasteiger partial charge in [0.05, 0.1) is 11.4 Å². The van der Waals surface area contributed by atoms with E-state index >= 15 is 0 Å². The van der Waals surface area contributed by atoms with E-state index in [2.05, 4.69) is 189 Å². The third kappa shape index (κ3) is 5.49. The molecule has 0 N–H and O–H groups in total. The molecule has 1 heterocycles. The van der Waals surface area contributed by atoms with Crippen molar-refractivity contribution in [3.8, 4) is 33.4 Å². The van der Waals surface area contributed by atoms with Crippen LogP contribution in [-0.4, -0.2) is 0 Å². The van der Waals surface area contributed by atoms with Gasteiger partial charge in [0.15, 0.2) is 0 Å². The summed E-state index contributed by atoms with van der Waals surface area (Å²) >= 11 is 1.90. The number of rotatable bonds is 6. The highest BCUT2D eigenvalue weighted by atomic mass is 32.1. The van der Waals surface area contributed by atoms with Crippen molar-refractivity contribution in [3.63, 3.8) is 0 Å². The zero-order valence-electron chi connectivity index (χ0n) is 32.6. The van der Waals surface area contributed by atoms with Crippen molar-refractivity contribution >= 4 is 59.3 Å². The van der Waals surface area contributed by atoms with Crippen LogP contribution in [0.4, 0.5) is 17.1 Å². The molecule has 57 heavy (non-hydrogen) atoms. The number of benzene rings is 8. The molecule has 9 aromatic rings. The molecule has 8 aromatic carbocycles. The van der Waals surface area contributed by atoms with Crippen molar-refractivity contribution in [2.45, 2.75) is 57.3 Å². The summed E-state index contributed by atoms with van der Waals surface area (Å²) in [5.74, 6) is 0.593. The maximum absolute atomic E-state index is 2.57. The Balaban J connectivity index is 1.18. The largest absolute Gasteiger partial charge is 0.309 e. The van der Waals surface area contributed by atoms with Gasteiger partial charge in [-0.05, 0) is 93.2 Å². The van der Waals surface area contributed by atoms with Crippen LogP contribution in [0.15, 0.2) is 170 Å². The molecule has 2 aliphatic carbocycles. The zero-order chi connectivity index (χ0) is 38.1. The summed E-state index contributed by atoms with van der Waals surface area (Å²) in [6.45, 7) is 4.78. The van der Waals surface area contributed by atoms with E-state index in [0.717, 1.165) is 0 Å². The molecule has 0 radical (unpaired) electrons. The van der Waals surface area contributed by atoms with Gasteiger partial charge in [0.25, 0.3) is 0 Å². The van der Waals surface area contributed by atoms with E-state index in [-0.39, 0.29) is 5.41 Å². The lowest BCUT2D eigenvalue weighted by Gasteiger charge is -2.32. The number of anilines is 3. The van der Waals surface area contributed by atoms with Gasteiger partial charge in [0.1, 0.15) is 0 Å². The predicted molar refractivity (Wildman–Crippen MR) is 246 cm³/mol. The molecular formula is C55H45NS. The third-order valence-corrected chi connectivity index (χ3v) is 14.3. The first-order valence-electron chi connectivity index (χ1n) is 20.7. The molecule has 0 unspecified atom stereocenters. The molecule has 1 saturated carbocycles. The Morgan fingerprint density at radius 3 is 1.89 bits per heavy atom. The monoisotopic (exact) mass is 751 g/mol. The standard InChI is InChI=1S/C55H45NS/c1-55(2)48-29-10-6-21-40(48)41-34-33-38(35-49(41)55)56(51-31-12-8-23-43(51)46-27-16-28-47-44-24-9-13-32-52(44)57-54(46)47)50-30-11-7-22-42(50)45-26-15-20-37-19-14-25-39(53(37)45)36-17-4-3-5-18-36/h6-16,19-36H,3-5,17-18H2,1-2H3. The van der Waals surface area contributed by atoms with Gasteiger partial charge in [-0.1, -0.05) is 173 Å². The molecule has 0 saturated heterocycles. The SMILES string of the molecule is CC1(C)c2ccccc2-c2ccc(N(c3ccccc3-c3cccc4c3sc3ccccc34)c3ccccc3-c3cccc4cccc(C5CCCCC5)c34)cc21. The lowest BCUT2D eigenvalue weighted by atomic mass is 9.80. The fourth-order valence-corrected chi connectivity index (χ4v) is 11.6. The highest BCUT2D eigenvalue weighted by Gasteiger charge is 2.36. The number of para-hydroxylation sites is 2. The first-order valence-corrected chi connectivity index (χ1v) is 21.5. The molecular weight excluding hydrogens is 707 g/mol. The number of hydrogen-bond donors (Lipinski definition) is 0. The van der Waals surface area contributed by atoms with Crippen molar-refractivity contribution in [3.05, 3.63) is 187 Å². The average Bonchev–Trinajstić information content (AvgIpc) is 3.76. The number of fused-ring (bicyclic) bond motifs is 7. The van der Waals surface area contributed by atoms with Crippen LogP contribution in [0.25, 0.3) is 64.3 Å². The Bertz CT molecular complexity index is 2990. The van der Waals surface area contributed by atoms with Gasteiger partial charge in [-0.15, -0.1) is 11.3 Å².